The van der Waals surface area contributed by atoms with Crippen LogP contribution in [0.1, 0.15) is 107 Å². The van der Waals surface area contributed by atoms with Crippen molar-refractivity contribution in [3.8, 4) is 0 Å². The van der Waals surface area contributed by atoms with Gasteiger partial charge in [0.1, 0.15) is 97.7 Å². The van der Waals surface area contributed by atoms with Crippen molar-refractivity contribution in [3.63, 3.8) is 0 Å². The van der Waals surface area contributed by atoms with E-state index in [-0.39, 0.29) is 48.2 Å². The van der Waals surface area contributed by atoms with Crippen molar-refractivity contribution < 1.29 is 124 Å². The number of ether oxygens (including phenoxy) is 10. The van der Waals surface area contributed by atoms with Crippen LogP contribution in [0.2, 0.25) is 0 Å². The number of rotatable bonds is 12. The van der Waals surface area contributed by atoms with E-state index >= 15 is 0 Å². The Balaban J connectivity index is 0.921. The fourth-order valence-electron chi connectivity index (χ4n) is 18.6. The van der Waals surface area contributed by atoms with Gasteiger partial charge in [-0.1, -0.05) is 41.5 Å². The third-order valence-corrected chi connectivity index (χ3v) is 22.7. The van der Waals surface area contributed by atoms with Crippen molar-refractivity contribution in [3.05, 3.63) is 0 Å². The molecule has 33 unspecified atom stereocenters. The molecule has 0 bridgehead atoms. The monoisotopic (exact) mass is 1170 g/mol. The van der Waals surface area contributed by atoms with Gasteiger partial charge in [-0.05, 0) is 122 Å². The lowest BCUT2D eigenvalue weighted by atomic mass is 9.31. The van der Waals surface area contributed by atoms with Crippen LogP contribution in [0.5, 0.6) is 0 Å². The average molecular weight is 1170 g/mol. The van der Waals surface area contributed by atoms with Crippen molar-refractivity contribution in [2.24, 2.45) is 56.7 Å². The number of hydrogen-bond acceptors (Lipinski definition) is 25. The Bertz CT molecular complexity index is 2160. The van der Waals surface area contributed by atoms with E-state index in [0.29, 0.717) is 32.1 Å². The van der Waals surface area contributed by atoms with Gasteiger partial charge in [0, 0.05) is 0 Å². The largest absolute Gasteiger partial charge is 0.394 e. The summed E-state index contributed by atoms with van der Waals surface area (Å²) in [6, 6.07) is 0. The third-order valence-electron chi connectivity index (χ3n) is 22.7. The normalized spacial score (nSPS) is 56.7. The lowest BCUT2D eigenvalue weighted by Crippen LogP contribution is -2.72. The van der Waals surface area contributed by atoms with Crippen LogP contribution in [0.15, 0.2) is 0 Å². The first-order valence-corrected chi connectivity index (χ1v) is 29.4. The van der Waals surface area contributed by atoms with Crippen LogP contribution in [-0.2, 0) is 47.4 Å². The van der Waals surface area contributed by atoms with Crippen molar-refractivity contribution in [1.82, 2.24) is 0 Å². The Morgan fingerprint density at radius 1 is 0.457 bits per heavy atom. The van der Waals surface area contributed by atoms with Gasteiger partial charge in [0.15, 0.2) is 31.5 Å². The highest BCUT2D eigenvalue weighted by Crippen LogP contribution is 2.78. The van der Waals surface area contributed by atoms with E-state index in [4.69, 9.17) is 47.4 Å². The van der Waals surface area contributed by atoms with Gasteiger partial charge in [-0.2, -0.15) is 0 Å². The zero-order valence-electron chi connectivity index (χ0n) is 47.7. The lowest BCUT2D eigenvalue weighted by Gasteiger charge is -2.74. The molecule has 0 amide bonds. The van der Waals surface area contributed by atoms with Gasteiger partial charge in [-0.15, -0.1) is 0 Å². The predicted molar refractivity (Wildman–Crippen MR) is 274 cm³/mol. The van der Waals surface area contributed by atoms with Crippen LogP contribution in [0.4, 0.5) is 0 Å². The van der Waals surface area contributed by atoms with E-state index in [1.54, 1.807) is 0 Å². The molecular formula is C56H94O25. The second-order valence-electron chi connectivity index (χ2n) is 28.0. The first-order valence-electron chi connectivity index (χ1n) is 29.4. The molecule has 33 atom stereocenters. The van der Waals surface area contributed by atoms with Crippen LogP contribution < -0.4 is 0 Å². The topological polar surface area (TPSA) is 396 Å². The molecule has 0 radical (unpaired) electrons. The lowest BCUT2D eigenvalue weighted by molar-refractivity contribution is -0.386. The van der Waals surface area contributed by atoms with Gasteiger partial charge in [0.05, 0.1) is 56.9 Å². The smallest absolute Gasteiger partial charge is 0.187 e. The van der Waals surface area contributed by atoms with Crippen LogP contribution >= 0.6 is 0 Å². The molecule has 25 nitrogen and oxygen atoms in total. The van der Waals surface area contributed by atoms with Crippen LogP contribution in [0, 0.1) is 56.7 Å². The van der Waals surface area contributed by atoms with E-state index in [0.717, 1.165) is 19.3 Å². The zero-order chi connectivity index (χ0) is 59.0. The fourth-order valence-corrected chi connectivity index (χ4v) is 18.6. The maximum atomic E-state index is 13.1. The summed E-state index contributed by atoms with van der Waals surface area (Å²) < 4.78 is 61.5. The molecule has 81 heavy (non-hydrogen) atoms. The molecule has 0 spiro atoms. The molecule has 5 aliphatic carbocycles. The quantitative estimate of drug-likeness (QED) is 0.0858. The van der Waals surface area contributed by atoms with Crippen LogP contribution in [-0.4, -0.2) is 263 Å². The molecule has 5 saturated carbocycles. The molecule has 0 aromatic rings. The predicted octanol–water partition coefficient (Wildman–Crippen LogP) is -3.16. The summed E-state index contributed by atoms with van der Waals surface area (Å²) in [5, 5.41) is 165. The van der Waals surface area contributed by atoms with Crippen molar-refractivity contribution in [1.29, 1.82) is 0 Å². The molecule has 5 saturated heterocycles. The first-order chi connectivity index (χ1) is 37.8. The molecule has 10 aliphatic rings. The Hall–Kier alpha value is -1.00. The molecule has 10 fully saturated rings. The summed E-state index contributed by atoms with van der Waals surface area (Å²) in [4.78, 5) is 0. The highest BCUT2D eigenvalue weighted by Gasteiger charge is 2.75. The third kappa shape index (κ3) is 10.5. The molecular weight excluding hydrogens is 1070 g/mol. The van der Waals surface area contributed by atoms with E-state index in [2.05, 4.69) is 27.7 Å². The van der Waals surface area contributed by atoms with Gasteiger partial charge in [0.25, 0.3) is 0 Å². The molecule has 0 aromatic heterocycles. The summed E-state index contributed by atoms with van der Waals surface area (Å²) >= 11 is 0. The molecule has 5 heterocycles. The Morgan fingerprint density at radius 2 is 0.938 bits per heavy atom. The van der Waals surface area contributed by atoms with Crippen LogP contribution in [0.3, 0.4) is 0 Å². The van der Waals surface area contributed by atoms with Crippen molar-refractivity contribution in [2.45, 2.75) is 260 Å². The first kappa shape index (κ1) is 63.0. The summed E-state index contributed by atoms with van der Waals surface area (Å²) in [6.45, 7) is 14.6. The second-order valence-corrected chi connectivity index (χ2v) is 28.0. The molecule has 15 N–H and O–H groups in total. The molecule has 10 rings (SSSR count). The van der Waals surface area contributed by atoms with E-state index in [9.17, 15) is 76.6 Å². The van der Waals surface area contributed by atoms with Crippen molar-refractivity contribution in [2.75, 3.05) is 33.0 Å². The summed E-state index contributed by atoms with van der Waals surface area (Å²) in [6.07, 6.45) is -29.9. The minimum absolute atomic E-state index is 0.0457. The number of aliphatic hydroxyl groups is 15. The van der Waals surface area contributed by atoms with Gasteiger partial charge < -0.3 is 124 Å². The minimum atomic E-state index is -1.89. The highest BCUT2D eigenvalue weighted by molar-refractivity contribution is 5.23. The van der Waals surface area contributed by atoms with Crippen molar-refractivity contribution >= 4 is 0 Å². The van der Waals surface area contributed by atoms with Gasteiger partial charge in [0.2, 0.25) is 0 Å². The fraction of sp³-hybridized carbons (Fsp3) is 1.00. The zero-order valence-corrected chi connectivity index (χ0v) is 47.7. The second kappa shape index (κ2) is 22.9. The highest BCUT2D eigenvalue weighted by atomic mass is 16.8. The van der Waals surface area contributed by atoms with E-state index in [1.165, 1.54) is 0 Å². The van der Waals surface area contributed by atoms with Crippen LogP contribution in [0.25, 0.3) is 0 Å². The summed E-state index contributed by atoms with van der Waals surface area (Å²) in [7, 11) is 0. The molecule has 25 heteroatoms. The van der Waals surface area contributed by atoms with Gasteiger partial charge in [-0.25, -0.2) is 0 Å². The van der Waals surface area contributed by atoms with E-state index in [1.807, 2.05) is 27.7 Å². The molecule has 468 valence electrons. The van der Waals surface area contributed by atoms with E-state index < -0.39 is 195 Å². The minimum Gasteiger partial charge on any atom is -0.394 e. The number of hydrogen-bond donors (Lipinski definition) is 15. The maximum absolute atomic E-state index is 13.1. The number of aliphatic hydroxyl groups excluding tert-OH is 14. The Labute approximate surface area is 472 Å². The Kier molecular flexibility index (Phi) is 17.8. The Morgan fingerprint density at radius 3 is 1.52 bits per heavy atom. The van der Waals surface area contributed by atoms with Gasteiger partial charge in [-0.3, -0.25) is 0 Å². The molecule has 0 aromatic carbocycles. The average Bonchev–Trinajstić information content (AvgIpc) is 1.71. The maximum Gasteiger partial charge on any atom is 0.187 e. The SMILES string of the molecule is CC(C)(O)C1CCC2(C)C1C(OC1OCC(O)C(OC3OCC(O)C(O)C3O)C1O)CC1(C)C2CCC2C3(C)CCC(OC4OCC(O)C(OC5OCC(O)C(O)C5O)C4OC4OC(CO)C(O)C(O)C4O)C(C)(C)C3C(O)CC21C. The standard InChI is InChI=1S/C56H94O25/c1-51(2)32(78-50-44(81-49-40(69)37(66)36(65)29(17-57)77-49)43(27(62)21-75-50)80-47-39(68)35(64)25(60)19-73-47)12-14-54(6)31-10-9-30-53(5)13-11-22(52(3,4)71)33(53)28(16-56(30,8)55(31,7)15-23(58)45(51)54)76-48-41(70)42(26(61)20-74-48)79-46-38(67)34(63)24(59)18-72-46/h22-50,57-71H,9-21H2,1-8H3. The number of fused-ring (bicyclic) bond motifs is 7. The summed E-state index contributed by atoms with van der Waals surface area (Å²) in [5.74, 6) is -0.619. The summed E-state index contributed by atoms with van der Waals surface area (Å²) in [5.41, 5.74) is -3.84. The molecule has 5 aliphatic heterocycles. The van der Waals surface area contributed by atoms with Gasteiger partial charge >= 0.3 is 0 Å².